The van der Waals surface area contributed by atoms with Crippen molar-refractivity contribution in [2.24, 2.45) is 0 Å². The molecule has 0 radical (unpaired) electrons. The van der Waals surface area contributed by atoms with Gasteiger partial charge in [-0.1, -0.05) is 60.5 Å². The second kappa shape index (κ2) is 10.6. The maximum Gasteiger partial charge on any atom is 0.416 e. The molecule has 7 heteroatoms. The summed E-state index contributed by atoms with van der Waals surface area (Å²) in [6.45, 7) is 1.79. The molecule has 1 heterocycles. The Bertz CT molecular complexity index is 1440. The number of alkyl halides is 3. The number of pyridine rings is 1. The minimum atomic E-state index is -4.56. The lowest BCUT2D eigenvalue weighted by Gasteiger charge is -2.36. The maximum atomic E-state index is 13.7. The van der Waals surface area contributed by atoms with Crippen LogP contribution in [0, 0.1) is 19.3 Å². The van der Waals surface area contributed by atoms with Crippen molar-refractivity contribution in [2.45, 2.75) is 25.1 Å². The van der Waals surface area contributed by atoms with Crippen molar-refractivity contribution in [1.82, 2.24) is 10.3 Å². The number of amides is 2. The van der Waals surface area contributed by atoms with Gasteiger partial charge in [0.2, 0.25) is 0 Å². The molecule has 0 spiro atoms. The van der Waals surface area contributed by atoms with Crippen molar-refractivity contribution in [3.63, 3.8) is 0 Å². The Hall–Kier alpha value is -4.57. The maximum absolute atomic E-state index is 13.7. The molecule has 1 aromatic heterocycles. The number of terminal acetylenes is 1. The number of anilines is 1. The molecule has 0 bridgehead atoms. The Kier molecular flexibility index (Phi) is 7.30. The van der Waals surface area contributed by atoms with E-state index in [-0.39, 0.29) is 12.0 Å². The van der Waals surface area contributed by atoms with Crippen molar-refractivity contribution < 1.29 is 18.0 Å². The third kappa shape index (κ3) is 5.99. The van der Waals surface area contributed by atoms with Gasteiger partial charge in [-0.15, -0.1) is 6.42 Å². The van der Waals surface area contributed by atoms with Gasteiger partial charge >= 0.3 is 12.2 Å². The molecule has 0 aliphatic heterocycles. The highest BCUT2D eigenvalue weighted by Crippen LogP contribution is 2.37. The minimum Gasteiger partial charge on any atom is -0.322 e. The van der Waals surface area contributed by atoms with Gasteiger partial charge in [-0.3, -0.25) is 4.98 Å². The number of rotatable bonds is 6. The van der Waals surface area contributed by atoms with Crippen LogP contribution in [0.15, 0.2) is 97.1 Å². The zero-order valence-corrected chi connectivity index (χ0v) is 20.0. The average molecular weight is 500 g/mol. The predicted molar refractivity (Wildman–Crippen MR) is 138 cm³/mol. The van der Waals surface area contributed by atoms with Crippen molar-refractivity contribution in [3.05, 3.63) is 131 Å². The van der Waals surface area contributed by atoms with Crippen molar-refractivity contribution in [3.8, 4) is 12.3 Å². The van der Waals surface area contributed by atoms with Gasteiger partial charge < -0.3 is 10.6 Å². The van der Waals surface area contributed by atoms with E-state index in [2.05, 4.69) is 21.5 Å². The molecule has 0 aliphatic rings. The van der Waals surface area contributed by atoms with E-state index in [9.17, 15) is 18.0 Å². The number of nitrogens with one attached hydrogen (secondary N) is 2. The Morgan fingerprint density at radius 2 is 1.59 bits per heavy atom. The molecule has 4 nitrogen and oxygen atoms in total. The third-order valence-corrected chi connectivity index (χ3v) is 5.93. The first-order valence-electron chi connectivity index (χ1n) is 11.5. The fraction of sp³-hybridized carbons (Fsp3) is 0.133. The standard InChI is InChI=1S/C30H24F3N3O/c1-3-22-13-8-16-26(18-22)35-28(37)36-29(20-23-11-5-4-6-12-23,27-17-7-10-21(2)34-27)24-14-9-15-25(19-24)30(31,32)33/h1,4-19H,20H2,2H3,(H2,35,36,37). The highest BCUT2D eigenvalue weighted by molar-refractivity contribution is 5.90. The van der Waals surface area contributed by atoms with E-state index in [1.165, 1.54) is 6.07 Å². The van der Waals surface area contributed by atoms with Crippen molar-refractivity contribution in [2.75, 3.05) is 5.32 Å². The molecule has 4 aromatic rings. The van der Waals surface area contributed by atoms with Crippen LogP contribution >= 0.6 is 0 Å². The number of hydrogen-bond donors (Lipinski definition) is 2. The zero-order valence-electron chi connectivity index (χ0n) is 20.0. The van der Waals surface area contributed by atoms with Crippen LogP contribution in [0.5, 0.6) is 0 Å². The highest BCUT2D eigenvalue weighted by atomic mass is 19.4. The summed E-state index contributed by atoms with van der Waals surface area (Å²) in [6, 6.07) is 25.6. The fourth-order valence-corrected chi connectivity index (χ4v) is 4.21. The lowest BCUT2D eigenvalue weighted by Crippen LogP contribution is -2.50. The Balaban J connectivity index is 1.87. The fourth-order valence-electron chi connectivity index (χ4n) is 4.21. The van der Waals surface area contributed by atoms with Gasteiger partial charge in [0.05, 0.1) is 11.3 Å². The molecule has 0 aliphatic carbocycles. The average Bonchev–Trinajstić information content (AvgIpc) is 2.88. The van der Waals surface area contributed by atoms with Gasteiger partial charge in [0.25, 0.3) is 0 Å². The molecule has 186 valence electrons. The molecule has 0 saturated heterocycles. The van der Waals surface area contributed by atoms with E-state index < -0.39 is 23.3 Å². The number of benzene rings is 3. The number of aryl methyl sites for hydroxylation is 1. The molecular weight excluding hydrogens is 475 g/mol. The van der Waals surface area contributed by atoms with Crippen LogP contribution in [0.25, 0.3) is 0 Å². The molecule has 4 rings (SSSR count). The molecule has 2 N–H and O–H groups in total. The van der Waals surface area contributed by atoms with Crippen LogP contribution in [0.2, 0.25) is 0 Å². The van der Waals surface area contributed by atoms with Gasteiger partial charge in [0.15, 0.2) is 0 Å². The van der Waals surface area contributed by atoms with E-state index in [0.717, 1.165) is 17.7 Å². The topological polar surface area (TPSA) is 54.0 Å². The summed E-state index contributed by atoms with van der Waals surface area (Å²) in [5.41, 5.74) is 0.889. The number of halogens is 3. The summed E-state index contributed by atoms with van der Waals surface area (Å²) in [4.78, 5) is 18.1. The van der Waals surface area contributed by atoms with Crippen LogP contribution in [0.1, 0.15) is 33.6 Å². The summed E-state index contributed by atoms with van der Waals surface area (Å²) in [5, 5.41) is 5.73. The normalized spacial score (nSPS) is 12.7. The largest absolute Gasteiger partial charge is 0.416 e. The number of hydrogen-bond acceptors (Lipinski definition) is 2. The van der Waals surface area contributed by atoms with Crippen LogP contribution in [-0.4, -0.2) is 11.0 Å². The van der Waals surface area contributed by atoms with Crippen molar-refractivity contribution >= 4 is 11.7 Å². The van der Waals surface area contributed by atoms with Gasteiger partial charge in [-0.2, -0.15) is 13.2 Å². The molecule has 1 atom stereocenters. The van der Waals surface area contributed by atoms with Crippen LogP contribution in [0.3, 0.4) is 0 Å². The molecule has 1 unspecified atom stereocenters. The molecule has 0 saturated carbocycles. The Morgan fingerprint density at radius 1 is 0.892 bits per heavy atom. The van der Waals surface area contributed by atoms with E-state index in [1.54, 1.807) is 55.5 Å². The quantitative estimate of drug-likeness (QED) is 0.290. The summed E-state index contributed by atoms with van der Waals surface area (Å²) >= 11 is 0. The van der Waals surface area contributed by atoms with E-state index in [4.69, 9.17) is 6.42 Å². The number of carbonyl (C=O) groups is 1. The molecule has 37 heavy (non-hydrogen) atoms. The minimum absolute atomic E-state index is 0.156. The lowest BCUT2D eigenvalue weighted by atomic mass is 9.80. The zero-order chi connectivity index (χ0) is 26.5. The summed E-state index contributed by atoms with van der Waals surface area (Å²) < 4.78 is 41.2. The molecular formula is C30H24F3N3O. The molecule has 3 aromatic carbocycles. The highest BCUT2D eigenvalue weighted by Gasteiger charge is 2.40. The lowest BCUT2D eigenvalue weighted by molar-refractivity contribution is -0.137. The first kappa shape index (κ1) is 25.5. The Labute approximate surface area is 213 Å². The second-order valence-corrected chi connectivity index (χ2v) is 8.61. The summed E-state index contributed by atoms with van der Waals surface area (Å²) in [5.74, 6) is 2.51. The SMILES string of the molecule is C#Cc1cccc(NC(=O)NC(Cc2ccccc2)(c2cccc(C(F)(F)F)c2)c2cccc(C)n2)c1. The van der Waals surface area contributed by atoms with Gasteiger partial charge in [0, 0.05) is 23.4 Å². The van der Waals surface area contributed by atoms with E-state index >= 15 is 0 Å². The van der Waals surface area contributed by atoms with E-state index in [1.807, 2.05) is 30.3 Å². The van der Waals surface area contributed by atoms with Crippen LogP contribution < -0.4 is 10.6 Å². The van der Waals surface area contributed by atoms with Crippen LogP contribution in [0.4, 0.5) is 23.7 Å². The summed E-state index contributed by atoms with van der Waals surface area (Å²) in [6.07, 6.45) is 1.07. The van der Waals surface area contributed by atoms with Gasteiger partial charge in [-0.05, 0) is 60.5 Å². The van der Waals surface area contributed by atoms with Gasteiger partial charge in [-0.25, -0.2) is 4.79 Å². The number of carbonyl (C=O) groups excluding carboxylic acids is 1. The monoisotopic (exact) mass is 499 g/mol. The number of urea groups is 1. The predicted octanol–water partition coefficient (Wildman–Crippen LogP) is 6.70. The first-order chi connectivity index (χ1) is 17.7. The smallest absolute Gasteiger partial charge is 0.322 e. The first-order valence-corrected chi connectivity index (χ1v) is 11.5. The Morgan fingerprint density at radius 3 is 2.30 bits per heavy atom. The molecule has 2 amide bonds. The number of aromatic nitrogens is 1. The van der Waals surface area contributed by atoms with Gasteiger partial charge in [0.1, 0.15) is 5.54 Å². The van der Waals surface area contributed by atoms with Crippen LogP contribution in [-0.2, 0) is 18.1 Å². The summed E-state index contributed by atoms with van der Waals surface area (Å²) in [7, 11) is 0. The second-order valence-electron chi connectivity index (χ2n) is 8.61. The molecule has 0 fully saturated rings. The van der Waals surface area contributed by atoms with Crippen molar-refractivity contribution in [1.29, 1.82) is 0 Å². The van der Waals surface area contributed by atoms with E-state index in [0.29, 0.717) is 22.6 Å². The number of nitrogens with zero attached hydrogens (tertiary/aromatic N) is 1. The third-order valence-electron chi connectivity index (χ3n) is 5.93.